The Hall–Kier alpha value is -0.340. The van der Waals surface area contributed by atoms with Crippen LogP contribution in [0.1, 0.15) is 30.0 Å². The first-order chi connectivity index (χ1) is 8.63. The standard InChI is InChI=1S/C16H18Br2/c1-12-13(10-17)6-5-8-15(12)16(2)9-4-3-7-14(16)11-18/h3-8H,9-11H2,1-2H3. The monoisotopic (exact) mass is 368 g/mol. The minimum Gasteiger partial charge on any atom is -0.0879 e. The number of allylic oxidation sites excluding steroid dienone is 4. The Balaban J connectivity index is 2.54. The van der Waals surface area contributed by atoms with Crippen molar-refractivity contribution >= 4 is 31.9 Å². The molecule has 96 valence electrons. The maximum atomic E-state index is 3.63. The van der Waals surface area contributed by atoms with Gasteiger partial charge in [0.05, 0.1) is 0 Å². The van der Waals surface area contributed by atoms with E-state index < -0.39 is 0 Å². The molecule has 18 heavy (non-hydrogen) atoms. The van der Waals surface area contributed by atoms with Crippen LogP contribution in [0.25, 0.3) is 0 Å². The topological polar surface area (TPSA) is 0 Å². The second kappa shape index (κ2) is 5.75. The van der Waals surface area contributed by atoms with Crippen molar-refractivity contribution in [2.45, 2.75) is 31.0 Å². The molecule has 0 spiro atoms. The quantitative estimate of drug-likeness (QED) is 0.623. The van der Waals surface area contributed by atoms with Crippen LogP contribution in [0.3, 0.4) is 0 Å². The van der Waals surface area contributed by atoms with Gasteiger partial charge in [-0.2, -0.15) is 0 Å². The van der Waals surface area contributed by atoms with Gasteiger partial charge in [-0.15, -0.1) is 0 Å². The molecule has 0 fully saturated rings. The van der Waals surface area contributed by atoms with Crippen molar-refractivity contribution in [1.29, 1.82) is 0 Å². The SMILES string of the molecule is Cc1c(CBr)cccc1C1(C)CC=CC=C1CBr. The largest absolute Gasteiger partial charge is 0.0879 e. The first-order valence-corrected chi connectivity index (χ1v) is 8.45. The molecule has 1 aliphatic rings. The van der Waals surface area contributed by atoms with Crippen LogP contribution in [0, 0.1) is 6.92 Å². The highest BCUT2D eigenvalue weighted by Crippen LogP contribution is 2.41. The minimum absolute atomic E-state index is 0.126. The predicted molar refractivity (Wildman–Crippen MR) is 86.8 cm³/mol. The molecule has 1 atom stereocenters. The summed E-state index contributed by atoms with van der Waals surface area (Å²) in [6.07, 6.45) is 7.77. The van der Waals surface area contributed by atoms with Crippen LogP contribution in [-0.2, 0) is 10.7 Å². The molecular weight excluding hydrogens is 352 g/mol. The highest BCUT2D eigenvalue weighted by molar-refractivity contribution is 9.09. The Morgan fingerprint density at radius 2 is 2.00 bits per heavy atom. The van der Waals surface area contributed by atoms with Gasteiger partial charge in [-0.1, -0.05) is 75.2 Å². The van der Waals surface area contributed by atoms with Crippen LogP contribution in [0.5, 0.6) is 0 Å². The molecule has 0 heterocycles. The molecule has 0 saturated heterocycles. The highest BCUT2D eigenvalue weighted by Gasteiger charge is 2.32. The van der Waals surface area contributed by atoms with E-state index in [0.717, 1.165) is 17.1 Å². The van der Waals surface area contributed by atoms with E-state index in [9.17, 15) is 0 Å². The first-order valence-electron chi connectivity index (χ1n) is 6.20. The average molecular weight is 370 g/mol. The van der Waals surface area contributed by atoms with Crippen molar-refractivity contribution in [3.8, 4) is 0 Å². The second-order valence-electron chi connectivity index (χ2n) is 5.01. The average Bonchev–Trinajstić information content (AvgIpc) is 2.39. The summed E-state index contributed by atoms with van der Waals surface area (Å²) in [6, 6.07) is 6.65. The van der Waals surface area contributed by atoms with E-state index >= 15 is 0 Å². The van der Waals surface area contributed by atoms with Gasteiger partial charge in [0.15, 0.2) is 0 Å². The molecule has 1 aromatic carbocycles. The number of alkyl halides is 2. The zero-order valence-electron chi connectivity index (χ0n) is 10.8. The van der Waals surface area contributed by atoms with Crippen LogP contribution >= 0.6 is 31.9 Å². The lowest BCUT2D eigenvalue weighted by atomic mass is 9.70. The summed E-state index contributed by atoms with van der Waals surface area (Å²) in [5, 5.41) is 1.86. The fourth-order valence-electron chi connectivity index (χ4n) is 2.70. The van der Waals surface area contributed by atoms with Gasteiger partial charge in [0.2, 0.25) is 0 Å². The smallest absolute Gasteiger partial charge is 0.0285 e. The maximum Gasteiger partial charge on any atom is 0.0285 e. The molecule has 0 amide bonds. The van der Waals surface area contributed by atoms with Crippen LogP contribution in [0.4, 0.5) is 0 Å². The van der Waals surface area contributed by atoms with Crippen molar-refractivity contribution in [3.63, 3.8) is 0 Å². The number of benzene rings is 1. The van der Waals surface area contributed by atoms with E-state index in [1.54, 1.807) is 0 Å². The van der Waals surface area contributed by atoms with Crippen molar-refractivity contribution in [2.75, 3.05) is 5.33 Å². The first kappa shape index (κ1) is 14.1. The molecule has 0 radical (unpaired) electrons. The van der Waals surface area contributed by atoms with E-state index in [4.69, 9.17) is 0 Å². The summed E-state index contributed by atoms with van der Waals surface area (Å²) in [5.41, 5.74) is 5.84. The highest BCUT2D eigenvalue weighted by atomic mass is 79.9. The number of rotatable bonds is 3. The molecule has 1 aliphatic carbocycles. The lowest BCUT2D eigenvalue weighted by Crippen LogP contribution is -2.28. The van der Waals surface area contributed by atoms with Gasteiger partial charge in [-0.05, 0) is 35.6 Å². The zero-order chi connectivity index (χ0) is 13.2. The van der Waals surface area contributed by atoms with Gasteiger partial charge in [0.25, 0.3) is 0 Å². The fraction of sp³-hybridized carbons (Fsp3) is 0.375. The molecule has 1 aromatic rings. The van der Waals surface area contributed by atoms with E-state index in [2.05, 4.69) is 82.1 Å². The van der Waals surface area contributed by atoms with Crippen molar-refractivity contribution in [3.05, 3.63) is 58.7 Å². The van der Waals surface area contributed by atoms with E-state index in [1.165, 1.54) is 22.3 Å². The van der Waals surface area contributed by atoms with Gasteiger partial charge >= 0.3 is 0 Å². The van der Waals surface area contributed by atoms with E-state index in [1.807, 2.05) is 0 Å². The molecule has 2 heteroatoms. The van der Waals surface area contributed by atoms with Gasteiger partial charge in [0, 0.05) is 16.1 Å². The van der Waals surface area contributed by atoms with Crippen LogP contribution in [-0.4, -0.2) is 5.33 Å². The molecule has 2 rings (SSSR count). The van der Waals surface area contributed by atoms with Crippen LogP contribution in [0.2, 0.25) is 0 Å². The third-order valence-electron chi connectivity index (χ3n) is 4.00. The predicted octanol–water partition coefficient (Wildman–Crippen LogP) is 5.43. The Morgan fingerprint density at radius 1 is 1.22 bits per heavy atom. The number of hydrogen-bond donors (Lipinski definition) is 0. The Kier molecular flexibility index (Phi) is 4.50. The summed E-state index contributed by atoms with van der Waals surface area (Å²) in [4.78, 5) is 0. The lowest BCUT2D eigenvalue weighted by molar-refractivity contribution is 0.558. The fourth-order valence-corrected chi connectivity index (χ4v) is 4.12. The molecule has 0 aromatic heterocycles. The van der Waals surface area contributed by atoms with Crippen molar-refractivity contribution in [1.82, 2.24) is 0 Å². The molecule has 0 N–H and O–H groups in total. The maximum absolute atomic E-state index is 3.63. The Bertz CT molecular complexity index is 500. The van der Waals surface area contributed by atoms with Gasteiger partial charge in [-0.25, -0.2) is 0 Å². The van der Waals surface area contributed by atoms with E-state index in [-0.39, 0.29) is 5.41 Å². The Morgan fingerprint density at radius 3 is 2.67 bits per heavy atom. The zero-order valence-corrected chi connectivity index (χ0v) is 14.0. The summed E-state index contributed by atoms with van der Waals surface area (Å²) in [5.74, 6) is 0. The molecular formula is C16H18Br2. The van der Waals surface area contributed by atoms with Gasteiger partial charge < -0.3 is 0 Å². The van der Waals surface area contributed by atoms with Crippen LogP contribution < -0.4 is 0 Å². The summed E-state index contributed by atoms with van der Waals surface area (Å²) >= 11 is 7.21. The third-order valence-corrected chi connectivity index (χ3v) is 5.20. The van der Waals surface area contributed by atoms with E-state index in [0.29, 0.717) is 0 Å². The summed E-state index contributed by atoms with van der Waals surface area (Å²) in [7, 11) is 0. The molecule has 0 nitrogen and oxygen atoms in total. The molecule has 1 unspecified atom stereocenters. The summed E-state index contributed by atoms with van der Waals surface area (Å²) in [6.45, 7) is 4.59. The molecule has 0 aliphatic heterocycles. The van der Waals surface area contributed by atoms with Crippen molar-refractivity contribution < 1.29 is 0 Å². The molecule has 0 bridgehead atoms. The molecule has 0 saturated carbocycles. The lowest BCUT2D eigenvalue weighted by Gasteiger charge is -2.35. The number of halogens is 2. The third kappa shape index (κ3) is 2.37. The van der Waals surface area contributed by atoms with Gasteiger partial charge in [-0.3, -0.25) is 0 Å². The number of hydrogen-bond acceptors (Lipinski definition) is 0. The Labute approximate surface area is 126 Å². The normalized spacial score (nSPS) is 23.0. The summed E-state index contributed by atoms with van der Waals surface area (Å²) < 4.78 is 0. The van der Waals surface area contributed by atoms with Gasteiger partial charge in [0.1, 0.15) is 0 Å². The second-order valence-corrected chi connectivity index (χ2v) is 6.13. The minimum atomic E-state index is 0.126. The van der Waals surface area contributed by atoms with Crippen molar-refractivity contribution in [2.24, 2.45) is 0 Å². The van der Waals surface area contributed by atoms with Crippen LogP contribution in [0.15, 0.2) is 42.0 Å².